The molecule has 122 valence electrons. The number of carbonyl (C=O) groups excluding carboxylic acids is 1. The maximum atomic E-state index is 12.6. The number of hydrogen-bond acceptors (Lipinski definition) is 2. The molecule has 2 rings (SSSR count). The van der Waals surface area contributed by atoms with Gasteiger partial charge in [-0.15, -0.1) is 0 Å². The quantitative estimate of drug-likeness (QED) is 0.822. The van der Waals surface area contributed by atoms with E-state index in [1.54, 1.807) is 0 Å². The Morgan fingerprint density at radius 1 is 1.36 bits per heavy atom. The second-order valence-electron chi connectivity index (χ2n) is 7.14. The van der Waals surface area contributed by atoms with E-state index in [1.807, 2.05) is 50.8 Å². The second-order valence-corrected chi connectivity index (χ2v) is 7.55. The first-order valence-corrected chi connectivity index (χ1v) is 8.37. The van der Waals surface area contributed by atoms with Gasteiger partial charge in [-0.25, -0.2) is 0 Å². The topological polar surface area (TPSA) is 29.5 Å². The van der Waals surface area contributed by atoms with Gasteiger partial charge in [0.1, 0.15) is 12.4 Å². The van der Waals surface area contributed by atoms with Crippen molar-refractivity contribution in [2.45, 2.75) is 53.0 Å². The summed E-state index contributed by atoms with van der Waals surface area (Å²) in [5.41, 5.74) is 0.761. The van der Waals surface area contributed by atoms with Crippen LogP contribution in [-0.2, 0) is 4.79 Å². The molecular formula is C18H26ClNO2. The molecule has 1 aromatic carbocycles. The van der Waals surface area contributed by atoms with E-state index in [9.17, 15) is 4.79 Å². The van der Waals surface area contributed by atoms with Crippen molar-refractivity contribution in [1.82, 2.24) is 4.90 Å². The van der Waals surface area contributed by atoms with Crippen molar-refractivity contribution in [2.75, 3.05) is 13.2 Å². The summed E-state index contributed by atoms with van der Waals surface area (Å²) in [6.07, 6.45) is 3.21. The molecule has 3 nitrogen and oxygen atoms in total. The van der Waals surface area contributed by atoms with Crippen LogP contribution in [0.1, 0.15) is 45.6 Å². The van der Waals surface area contributed by atoms with Gasteiger partial charge in [-0.05, 0) is 43.9 Å². The van der Waals surface area contributed by atoms with Gasteiger partial charge in [0.25, 0.3) is 0 Å². The third kappa shape index (κ3) is 4.16. The Labute approximate surface area is 138 Å². The molecule has 1 aromatic rings. The van der Waals surface area contributed by atoms with Crippen molar-refractivity contribution in [2.24, 2.45) is 5.41 Å². The Balaban J connectivity index is 2.04. The monoisotopic (exact) mass is 323 g/mol. The van der Waals surface area contributed by atoms with Gasteiger partial charge in [-0.1, -0.05) is 38.4 Å². The summed E-state index contributed by atoms with van der Waals surface area (Å²) in [5, 5.41) is 0.629. The summed E-state index contributed by atoms with van der Waals surface area (Å²) in [4.78, 5) is 14.6. The molecule has 1 aliphatic heterocycles. The average Bonchev–Trinajstić information content (AvgIpc) is 2.45. The van der Waals surface area contributed by atoms with Crippen LogP contribution in [0.5, 0.6) is 5.75 Å². The number of ether oxygens (including phenoxy) is 1. The highest BCUT2D eigenvalue weighted by Gasteiger charge is 2.33. The first kappa shape index (κ1) is 17.1. The van der Waals surface area contributed by atoms with Crippen LogP contribution in [0.15, 0.2) is 18.2 Å². The summed E-state index contributed by atoms with van der Waals surface area (Å²) >= 11 is 6.21. The SMILES string of the molecule is Cc1ccc(OCC2CCCCN2C(=O)C(C)(C)C)c(Cl)c1. The van der Waals surface area contributed by atoms with Gasteiger partial charge in [0, 0.05) is 12.0 Å². The van der Waals surface area contributed by atoms with Crippen molar-refractivity contribution >= 4 is 17.5 Å². The third-order valence-corrected chi connectivity index (χ3v) is 4.34. The van der Waals surface area contributed by atoms with Crippen LogP contribution in [0, 0.1) is 12.3 Å². The standard InChI is InChI=1S/C18H26ClNO2/c1-13-8-9-16(15(19)11-13)22-12-14-7-5-6-10-20(14)17(21)18(2,3)4/h8-9,11,14H,5-7,10,12H2,1-4H3. The number of aryl methyl sites for hydroxylation is 1. The number of piperidine rings is 1. The lowest BCUT2D eigenvalue weighted by molar-refractivity contribution is -0.144. The molecular weight excluding hydrogens is 298 g/mol. The van der Waals surface area contributed by atoms with E-state index >= 15 is 0 Å². The fourth-order valence-electron chi connectivity index (χ4n) is 2.78. The van der Waals surface area contributed by atoms with Crippen molar-refractivity contribution in [3.63, 3.8) is 0 Å². The summed E-state index contributed by atoms with van der Waals surface area (Å²) in [6, 6.07) is 5.92. The lowest BCUT2D eigenvalue weighted by atomic mass is 9.91. The maximum Gasteiger partial charge on any atom is 0.228 e. The number of nitrogens with zero attached hydrogens (tertiary/aromatic N) is 1. The van der Waals surface area contributed by atoms with E-state index < -0.39 is 0 Å². The Morgan fingerprint density at radius 3 is 2.73 bits per heavy atom. The number of benzene rings is 1. The Bertz CT molecular complexity index is 536. The molecule has 0 bridgehead atoms. The first-order chi connectivity index (χ1) is 10.3. The Kier molecular flexibility index (Phi) is 5.38. The van der Waals surface area contributed by atoms with Crippen LogP contribution in [0.3, 0.4) is 0 Å². The van der Waals surface area contributed by atoms with E-state index in [0.717, 1.165) is 31.4 Å². The van der Waals surface area contributed by atoms with Crippen LogP contribution in [0.2, 0.25) is 5.02 Å². The van der Waals surface area contributed by atoms with Crippen LogP contribution >= 0.6 is 11.6 Å². The van der Waals surface area contributed by atoms with E-state index in [0.29, 0.717) is 17.4 Å². The summed E-state index contributed by atoms with van der Waals surface area (Å²) < 4.78 is 5.90. The molecule has 1 heterocycles. The number of rotatable bonds is 3. The largest absolute Gasteiger partial charge is 0.490 e. The number of halogens is 1. The number of amides is 1. The van der Waals surface area contributed by atoms with E-state index in [-0.39, 0.29) is 17.4 Å². The highest BCUT2D eigenvalue weighted by atomic mass is 35.5. The van der Waals surface area contributed by atoms with Crippen molar-refractivity contribution in [3.8, 4) is 5.75 Å². The lowest BCUT2D eigenvalue weighted by Gasteiger charge is -2.39. The minimum atomic E-state index is -0.350. The van der Waals surface area contributed by atoms with E-state index in [2.05, 4.69) is 0 Å². The van der Waals surface area contributed by atoms with Gasteiger partial charge < -0.3 is 9.64 Å². The lowest BCUT2D eigenvalue weighted by Crippen LogP contribution is -2.50. The van der Waals surface area contributed by atoms with Crippen LogP contribution in [0.25, 0.3) is 0 Å². The maximum absolute atomic E-state index is 12.6. The molecule has 4 heteroatoms. The molecule has 1 fully saturated rings. The molecule has 1 amide bonds. The molecule has 0 aromatic heterocycles. The highest BCUT2D eigenvalue weighted by molar-refractivity contribution is 6.32. The smallest absolute Gasteiger partial charge is 0.228 e. The predicted molar refractivity (Wildman–Crippen MR) is 90.5 cm³/mol. The van der Waals surface area contributed by atoms with Crippen LogP contribution in [0.4, 0.5) is 0 Å². The molecule has 0 radical (unpaired) electrons. The molecule has 0 N–H and O–H groups in total. The summed E-state index contributed by atoms with van der Waals surface area (Å²) in [5.74, 6) is 0.900. The highest BCUT2D eigenvalue weighted by Crippen LogP contribution is 2.28. The molecule has 1 atom stereocenters. The van der Waals surface area contributed by atoms with Crippen LogP contribution < -0.4 is 4.74 Å². The molecule has 0 saturated carbocycles. The van der Waals surface area contributed by atoms with Gasteiger partial charge in [0.2, 0.25) is 5.91 Å². The van der Waals surface area contributed by atoms with Crippen molar-refractivity contribution in [3.05, 3.63) is 28.8 Å². The fraction of sp³-hybridized carbons (Fsp3) is 0.611. The van der Waals surface area contributed by atoms with Gasteiger partial charge in [-0.2, -0.15) is 0 Å². The number of carbonyl (C=O) groups is 1. The second kappa shape index (κ2) is 6.91. The summed E-state index contributed by atoms with van der Waals surface area (Å²) in [6.45, 7) is 9.24. The van der Waals surface area contributed by atoms with Crippen molar-refractivity contribution < 1.29 is 9.53 Å². The van der Waals surface area contributed by atoms with E-state index in [1.165, 1.54) is 0 Å². The average molecular weight is 324 g/mol. The zero-order chi connectivity index (χ0) is 16.3. The normalized spacial score (nSPS) is 19.1. The minimum Gasteiger partial charge on any atom is -0.490 e. The molecule has 0 aliphatic carbocycles. The van der Waals surface area contributed by atoms with Gasteiger partial charge in [-0.3, -0.25) is 4.79 Å². The van der Waals surface area contributed by atoms with Gasteiger partial charge in [0.15, 0.2) is 0 Å². The van der Waals surface area contributed by atoms with Gasteiger partial charge >= 0.3 is 0 Å². The minimum absolute atomic E-state index is 0.137. The van der Waals surface area contributed by atoms with Crippen molar-refractivity contribution in [1.29, 1.82) is 0 Å². The zero-order valence-electron chi connectivity index (χ0n) is 14.0. The molecule has 1 saturated heterocycles. The molecule has 0 spiro atoms. The predicted octanol–water partition coefficient (Wildman–Crippen LogP) is 4.45. The van der Waals surface area contributed by atoms with Gasteiger partial charge in [0.05, 0.1) is 11.1 Å². The third-order valence-electron chi connectivity index (χ3n) is 4.05. The molecule has 22 heavy (non-hydrogen) atoms. The molecule has 1 aliphatic rings. The zero-order valence-corrected chi connectivity index (χ0v) is 14.7. The van der Waals surface area contributed by atoms with Crippen LogP contribution in [-0.4, -0.2) is 30.0 Å². The molecule has 1 unspecified atom stereocenters. The number of hydrogen-bond donors (Lipinski definition) is 0. The Hall–Kier alpha value is -1.22. The summed E-state index contributed by atoms with van der Waals surface area (Å²) in [7, 11) is 0. The number of likely N-dealkylation sites (tertiary alicyclic amines) is 1. The Morgan fingerprint density at radius 2 is 2.09 bits per heavy atom. The first-order valence-electron chi connectivity index (χ1n) is 7.99. The fourth-order valence-corrected chi connectivity index (χ4v) is 3.07. The van der Waals surface area contributed by atoms with E-state index in [4.69, 9.17) is 16.3 Å².